The van der Waals surface area contributed by atoms with Crippen molar-refractivity contribution in [1.82, 2.24) is 0 Å². The van der Waals surface area contributed by atoms with Crippen molar-refractivity contribution in [1.29, 1.82) is 0 Å². The largest absolute Gasteiger partial charge is 1.00 e. The van der Waals surface area contributed by atoms with E-state index in [0.717, 1.165) is 0 Å². The molecular weight excluding hydrogens is 635 g/mol. The molecule has 35 heavy (non-hydrogen) atoms. The minimum atomic E-state index is -2.06. The molecule has 0 aliphatic heterocycles. The fraction of sp³-hybridized carbons (Fsp3) is 0.469. The van der Waals surface area contributed by atoms with Gasteiger partial charge in [-0.05, 0) is 0 Å². The molecule has 0 heterocycles. The standard InChI is InChI=1S/C21H25.C6H10.C5H5.2BrH.Zr/c1-20(2,3)16-9-7-14-11-15-8-10-17(21(4,5)6)13-19(15)18(14)12-16;1-2-4-6-5-3-1;1-2-4-5-3-1;;;/h7-13H,1-6H3;1-5H2;1-3H,4H2;2*1H;/q;;;;;+2/p-2. The molecule has 3 aliphatic carbocycles. The Bertz CT molecular complexity index is 1110. The van der Waals surface area contributed by atoms with Gasteiger partial charge in [0.1, 0.15) is 0 Å². The van der Waals surface area contributed by atoms with Crippen molar-refractivity contribution in [2.45, 2.75) is 94.5 Å². The fourth-order valence-electron chi connectivity index (χ4n) is 6.01. The molecule has 0 aromatic heterocycles. The molecule has 186 valence electrons. The third-order valence-corrected chi connectivity index (χ3v) is 16.7. The molecule has 0 saturated heterocycles. The van der Waals surface area contributed by atoms with Gasteiger partial charge in [0.2, 0.25) is 0 Å². The Morgan fingerprint density at radius 2 is 1.23 bits per heavy atom. The zero-order valence-corrected chi connectivity index (χ0v) is 27.9. The predicted molar refractivity (Wildman–Crippen MR) is 141 cm³/mol. The number of rotatable bonds is 2. The van der Waals surface area contributed by atoms with Gasteiger partial charge < -0.3 is 34.0 Å². The minimum absolute atomic E-state index is 0. The van der Waals surface area contributed by atoms with Crippen molar-refractivity contribution in [2.24, 2.45) is 0 Å². The van der Waals surface area contributed by atoms with Gasteiger partial charge in [0.25, 0.3) is 0 Å². The van der Waals surface area contributed by atoms with Crippen LogP contribution in [-0.4, -0.2) is 3.21 Å². The van der Waals surface area contributed by atoms with E-state index in [1.165, 1.54) is 60.8 Å². The zero-order chi connectivity index (χ0) is 23.4. The first-order chi connectivity index (χ1) is 15.6. The van der Waals surface area contributed by atoms with Crippen LogP contribution in [0.25, 0.3) is 11.1 Å². The first kappa shape index (κ1) is 29.2. The Hall–Kier alpha value is -0.367. The van der Waals surface area contributed by atoms with E-state index in [1.807, 2.05) is 6.49 Å². The first-order valence-electron chi connectivity index (χ1n) is 13.0. The molecule has 5 rings (SSSR count). The average Bonchev–Trinajstić information content (AvgIpc) is 3.40. The van der Waals surface area contributed by atoms with Crippen LogP contribution >= 0.6 is 0 Å². The summed E-state index contributed by atoms with van der Waals surface area (Å²) in [6.07, 6.45) is 15.5. The fourth-order valence-corrected chi connectivity index (χ4v) is 15.5. The van der Waals surface area contributed by atoms with E-state index >= 15 is 0 Å². The van der Waals surface area contributed by atoms with Gasteiger partial charge in [-0.3, -0.25) is 0 Å². The number of hydrogen-bond acceptors (Lipinski definition) is 0. The van der Waals surface area contributed by atoms with Crippen molar-refractivity contribution in [3.05, 3.63) is 80.2 Å². The van der Waals surface area contributed by atoms with Crippen molar-refractivity contribution in [3.63, 3.8) is 0 Å². The SMILES string of the molecule is CC(C)(C)c1ccc2c(c1)-c1cc(C(C)(C)C)ccc1[CH]2[Zr+2]([C]1=CC=CC1)=[C]1CCCCC1.[Br-].[Br-]. The second-order valence-electron chi connectivity index (χ2n) is 12.4. The molecule has 0 radical (unpaired) electrons. The van der Waals surface area contributed by atoms with E-state index in [2.05, 4.69) is 96.2 Å². The van der Waals surface area contributed by atoms with Gasteiger partial charge in [-0.1, -0.05) is 0 Å². The molecule has 0 atom stereocenters. The third-order valence-electron chi connectivity index (χ3n) is 7.99. The van der Waals surface area contributed by atoms with E-state index in [4.69, 9.17) is 0 Å². The minimum Gasteiger partial charge on any atom is -1.00 e. The Morgan fingerprint density at radius 3 is 1.66 bits per heavy atom. The van der Waals surface area contributed by atoms with Gasteiger partial charge in [0, 0.05) is 0 Å². The predicted octanol–water partition coefficient (Wildman–Crippen LogP) is 2.96. The van der Waals surface area contributed by atoms with E-state index in [9.17, 15) is 0 Å². The summed E-state index contributed by atoms with van der Waals surface area (Å²) in [6.45, 7) is 14.1. The van der Waals surface area contributed by atoms with Gasteiger partial charge in [-0.15, -0.1) is 0 Å². The van der Waals surface area contributed by atoms with Crippen LogP contribution in [-0.2, 0) is 32.1 Å². The average molecular weight is 676 g/mol. The third kappa shape index (κ3) is 5.73. The van der Waals surface area contributed by atoms with Crippen LogP contribution < -0.4 is 34.0 Å². The quantitative estimate of drug-likeness (QED) is 0.460. The van der Waals surface area contributed by atoms with Crippen LogP contribution in [0.1, 0.15) is 106 Å². The van der Waals surface area contributed by atoms with E-state index in [-0.39, 0.29) is 44.8 Å². The normalized spacial score (nSPS) is 17.1. The molecule has 2 aromatic carbocycles. The molecule has 2 aromatic rings. The molecular formula is C32H40Br2Zr. The monoisotopic (exact) mass is 672 g/mol. The molecule has 3 aliphatic rings. The van der Waals surface area contributed by atoms with E-state index < -0.39 is 21.3 Å². The second kappa shape index (κ2) is 11.2. The summed E-state index contributed by atoms with van der Waals surface area (Å²) >= 11 is -2.06. The summed E-state index contributed by atoms with van der Waals surface area (Å²) in [6, 6.07) is 15.0. The van der Waals surface area contributed by atoms with Gasteiger partial charge in [-0.25, -0.2) is 0 Å². The smallest absolute Gasteiger partial charge is 1.00 e. The van der Waals surface area contributed by atoms with Crippen LogP contribution in [0.3, 0.4) is 0 Å². The van der Waals surface area contributed by atoms with E-state index in [1.54, 1.807) is 11.1 Å². The summed E-state index contributed by atoms with van der Waals surface area (Å²) < 4.78 is 4.49. The number of benzene rings is 2. The maximum absolute atomic E-state index is 2.55. The van der Waals surface area contributed by atoms with Crippen LogP contribution in [0.15, 0.2) is 57.9 Å². The summed E-state index contributed by atoms with van der Waals surface area (Å²) in [4.78, 5) is 0. The Balaban J connectivity index is 0.00000171. The Labute approximate surface area is 242 Å². The van der Waals surface area contributed by atoms with Crippen LogP contribution in [0.2, 0.25) is 0 Å². The van der Waals surface area contributed by atoms with Gasteiger partial charge in [0.15, 0.2) is 0 Å². The molecule has 0 nitrogen and oxygen atoms in total. The summed E-state index contributed by atoms with van der Waals surface area (Å²) in [5, 5.41) is 0. The van der Waals surface area contributed by atoms with Crippen molar-refractivity contribution in [3.8, 4) is 11.1 Å². The molecule has 0 N–H and O–H groups in total. The van der Waals surface area contributed by atoms with Crippen molar-refractivity contribution in [2.75, 3.05) is 0 Å². The number of halogens is 2. The Kier molecular flexibility index (Phi) is 9.31. The summed E-state index contributed by atoms with van der Waals surface area (Å²) in [5.41, 5.74) is 9.63. The zero-order valence-electron chi connectivity index (χ0n) is 22.3. The molecule has 3 heteroatoms. The van der Waals surface area contributed by atoms with Crippen LogP contribution in [0.5, 0.6) is 0 Å². The van der Waals surface area contributed by atoms with Crippen LogP contribution in [0.4, 0.5) is 0 Å². The van der Waals surface area contributed by atoms with Gasteiger partial charge >= 0.3 is 210 Å². The number of hydrogen-bond donors (Lipinski definition) is 0. The molecule has 0 spiro atoms. The Morgan fingerprint density at radius 1 is 0.714 bits per heavy atom. The second-order valence-corrected chi connectivity index (χ2v) is 19.2. The molecule has 0 unspecified atom stereocenters. The molecule has 0 bridgehead atoms. The van der Waals surface area contributed by atoms with E-state index in [0.29, 0.717) is 3.63 Å². The molecule has 0 amide bonds. The van der Waals surface area contributed by atoms with Gasteiger partial charge in [-0.2, -0.15) is 0 Å². The topological polar surface area (TPSA) is 0 Å². The van der Waals surface area contributed by atoms with Crippen LogP contribution in [0, 0.1) is 0 Å². The maximum Gasteiger partial charge on any atom is -1.00 e. The van der Waals surface area contributed by atoms with Crippen molar-refractivity contribution < 1.29 is 55.2 Å². The van der Waals surface area contributed by atoms with Gasteiger partial charge in [0.05, 0.1) is 0 Å². The first-order valence-corrected chi connectivity index (χ1v) is 16.9. The molecule has 1 fully saturated rings. The summed E-state index contributed by atoms with van der Waals surface area (Å²) in [7, 11) is 0. The maximum atomic E-state index is 2.55. The number of fused-ring (bicyclic) bond motifs is 3. The van der Waals surface area contributed by atoms with Crippen molar-refractivity contribution >= 4 is 3.21 Å². The number of allylic oxidation sites excluding steroid dienone is 4. The summed E-state index contributed by atoms with van der Waals surface area (Å²) in [5.74, 6) is 0. The molecule has 1 saturated carbocycles.